The van der Waals surface area contributed by atoms with E-state index in [1.54, 1.807) is 0 Å². The highest BCUT2D eigenvalue weighted by Crippen LogP contribution is 2.47. The summed E-state index contributed by atoms with van der Waals surface area (Å²) in [7, 11) is -1.36. The lowest BCUT2D eigenvalue weighted by atomic mass is 9.49. The number of benzene rings is 12. The fourth-order valence-electron chi connectivity index (χ4n) is 13.1. The van der Waals surface area contributed by atoms with E-state index >= 15 is 0 Å². The highest BCUT2D eigenvalue weighted by atomic mass is 79.9. The van der Waals surface area contributed by atoms with E-state index in [0.717, 1.165) is 53.8 Å². The molecule has 8 nitrogen and oxygen atoms in total. The minimum Gasteiger partial charge on any atom is -0.456 e. The van der Waals surface area contributed by atoms with Crippen molar-refractivity contribution in [2.45, 2.75) is 117 Å². The Hall–Kier alpha value is -7.25. The first kappa shape index (κ1) is 55.3. The zero-order valence-corrected chi connectivity index (χ0v) is 52.3. The highest BCUT2D eigenvalue weighted by molar-refractivity contribution is 9.10. The van der Waals surface area contributed by atoms with Crippen LogP contribution < -0.4 is 5.46 Å². The molecule has 3 fully saturated rings. The zero-order chi connectivity index (χ0) is 59.6. The number of rotatable bonds is 2. The van der Waals surface area contributed by atoms with Crippen LogP contribution >= 0.6 is 15.9 Å². The molecule has 14 aromatic rings. The van der Waals surface area contributed by atoms with Gasteiger partial charge in [-0.15, -0.1) is 0 Å². The van der Waals surface area contributed by atoms with Crippen LogP contribution in [-0.4, -0.2) is 54.7 Å². The van der Waals surface area contributed by atoms with Gasteiger partial charge in [0, 0.05) is 26.0 Å². The van der Waals surface area contributed by atoms with Crippen LogP contribution in [0, 0.1) is 0 Å². The van der Waals surface area contributed by atoms with Crippen LogP contribution in [0.25, 0.3) is 130 Å². The summed E-state index contributed by atoms with van der Waals surface area (Å²) in [6.07, 6.45) is 0. The van der Waals surface area contributed by atoms with Crippen LogP contribution in [0.5, 0.6) is 0 Å². The summed E-state index contributed by atoms with van der Waals surface area (Å²) in [6.45, 7) is 24.6. The Morgan fingerprint density at radius 2 is 0.605 bits per heavy atom. The van der Waals surface area contributed by atoms with E-state index in [9.17, 15) is 0 Å². The Labute approximate surface area is 509 Å². The van der Waals surface area contributed by atoms with Gasteiger partial charge in [0.25, 0.3) is 0 Å². The van der Waals surface area contributed by atoms with E-state index in [1.807, 2.05) is 73.6 Å². The Morgan fingerprint density at radius 3 is 1.05 bits per heavy atom. The summed E-state index contributed by atoms with van der Waals surface area (Å²) in [5.74, 6) is 0. The predicted octanol–water partition coefficient (Wildman–Crippen LogP) is 19.7. The summed E-state index contributed by atoms with van der Waals surface area (Å²) in [6, 6.07) is 65.3. The van der Waals surface area contributed by atoms with Crippen molar-refractivity contribution in [1.82, 2.24) is 0 Å². The van der Waals surface area contributed by atoms with Crippen molar-refractivity contribution in [3.63, 3.8) is 0 Å². The maximum Gasteiger partial charge on any atom is 0.494 e. The molecular formula is C74H66B3BrO8. The molecule has 86 heavy (non-hydrogen) atoms. The lowest BCUT2D eigenvalue weighted by Gasteiger charge is -2.32. The average Bonchev–Trinajstić information content (AvgIpc) is 0.945. The molecule has 0 saturated carbocycles. The fraction of sp³-hybridized carbons (Fsp3) is 0.243. The molecule has 12 heteroatoms. The second kappa shape index (κ2) is 19.4. The van der Waals surface area contributed by atoms with Gasteiger partial charge in [0.1, 0.15) is 22.3 Å². The zero-order valence-electron chi connectivity index (χ0n) is 50.7. The van der Waals surface area contributed by atoms with Gasteiger partial charge in [-0.1, -0.05) is 149 Å². The lowest BCUT2D eigenvalue weighted by Crippen LogP contribution is -2.41. The third-order valence-electron chi connectivity index (χ3n) is 19.9. The third kappa shape index (κ3) is 8.64. The molecule has 0 spiro atoms. The van der Waals surface area contributed by atoms with Crippen LogP contribution in [-0.2, 0) is 27.9 Å². The summed E-state index contributed by atoms with van der Waals surface area (Å²) in [5, 5.41) is 24.8. The molecule has 3 saturated heterocycles. The number of hydrogen-bond acceptors (Lipinski definition) is 8. The van der Waals surface area contributed by atoms with Crippen molar-refractivity contribution in [1.29, 1.82) is 0 Å². The van der Waals surface area contributed by atoms with E-state index in [0.29, 0.717) is 0 Å². The van der Waals surface area contributed by atoms with Crippen LogP contribution in [0.2, 0.25) is 0 Å². The van der Waals surface area contributed by atoms with Gasteiger partial charge >= 0.3 is 21.1 Å². The quantitative estimate of drug-likeness (QED) is 0.125. The molecule has 12 aromatic carbocycles. The van der Waals surface area contributed by atoms with E-state index in [-0.39, 0.29) is 33.6 Å². The lowest BCUT2D eigenvalue weighted by molar-refractivity contribution is 0.00578. The van der Waals surface area contributed by atoms with E-state index in [4.69, 9.17) is 36.8 Å². The minimum absolute atomic E-state index is 0.360. The number of furan rings is 2. The van der Waals surface area contributed by atoms with Crippen molar-refractivity contribution in [2.24, 2.45) is 0 Å². The van der Waals surface area contributed by atoms with Crippen molar-refractivity contribution < 1.29 is 36.8 Å². The number of fused-ring (bicyclic) bond motifs is 22. The van der Waals surface area contributed by atoms with Crippen LogP contribution in [0.15, 0.2) is 195 Å². The molecule has 2 aromatic heterocycles. The summed E-state index contributed by atoms with van der Waals surface area (Å²) >= 11 is 3.61. The predicted molar refractivity (Wildman–Crippen MR) is 363 cm³/mol. The van der Waals surface area contributed by atoms with Gasteiger partial charge in [0.15, 0.2) is 0 Å². The van der Waals surface area contributed by atoms with Crippen molar-refractivity contribution in [3.8, 4) is 0 Å². The van der Waals surface area contributed by atoms with Crippen molar-refractivity contribution >= 4 is 173 Å². The molecule has 426 valence electrons. The molecule has 3 aliphatic heterocycles. The van der Waals surface area contributed by atoms with Gasteiger partial charge < -0.3 is 36.8 Å². The molecule has 0 atom stereocenters. The van der Waals surface area contributed by atoms with Crippen LogP contribution in [0.3, 0.4) is 0 Å². The standard InChI is InChI=1S/C34H27BO3.C28H15BrO.C12H24B2O4/c1-33(2)34(3,4)38-35(37-33)21-14-16-30-28(17-21)29-18-26-25-15-13-20-9-5-6-10-22(20)32(25)24-12-8-7-11-23(24)27(26)19-31(29)36-30;29-17-10-12-26-24(13-17)25-14-22-21-11-9-16-5-1-2-6-18(16)28(21)20-8-4-3-7-19(20)23(22)15-27(25)30-26;1-9(2)10(3,4)16-13(15-9)14-17-11(5,6)12(7,8)18-14/h5-19H,1-4H3;1-15H;1-8H3. The Kier molecular flexibility index (Phi) is 12.5. The first-order chi connectivity index (χ1) is 41.0. The summed E-state index contributed by atoms with van der Waals surface area (Å²) in [4.78, 5) is 0. The second-order valence-electron chi connectivity index (χ2n) is 26.7. The largest absolute Gasteiger partial charge is 0.494 e. The van der Waals surface area contributed by atoms with E-state index < -0.39 is 21.1 Å². The van der Waals surface area contributed by atoms with E-state index in [1.165, 1.54) is 86.2 Å². The smallest absolute Gasteiger partial charge is 0.456 e. The molecular weight excluding hydrogens is 1130 g/mol. The van der Waals surface area contributed by atoms with Gasteiger partial charge in [0.05, 0.1) is 33.6 Å². The molecule has 0 bridgehead atoms. The van der Waals surface area contributed by atoms with Gasteiger partial charge in [-0.2, -0.15) is 0 Å². The van der Waals surface area contributed by atoms with Crippen molar-refractivity contribution in [2.75, 3.05) is 0 Å². The summed E-state index contributed by atoms with van der Waals surface area (Å²) < 4.78 is 50.3. The molecule has 5 heterocycles. The van der Waals surface area contributed by atoms with Crippen molar-refractivity contribution in [3.05, 3.63) is 186 Å². The molecule has 0 amide bonds. The second-order valence-corrected chi connectivity index (χ2v) is 27.7. The maximum atomic E-state index is 6.41. The third-order valence-corrected chi connectivity index (χ3v) is 20.4. The summed E-state index contributed by atoms with van der Waals surface area (Å²) in [5.41, 5.74) is 2.41. The fourth-order valence-corrected chi connectivity index (χ4v) is 13.5. The number of halogens is 1. The SMILES string of the molecule is Brc1ccc2oc3cc4c5ccccc5c5c6ccccc6ccc5c4cc3c2c1.CC1(C)OB(B2OC(C)(C)C(C)(C)O2)OC1(C)C.CC1(C)OB(c2ccc3oc4cc5c6ccccc6c6c7ccccc7ccc6c5cc4c3c2)OC1(C)C. The highest BCUT2D eigenvalue weighted by Gasteiger charge is 2.64. The normalized spacial score (nSPS) is 18.5. The average molecular weight is 1200 g/mol. The van der Waals surface area contributed by atoms with Crippen LogP contribution in [0.1, 0.15) is 83.1 Å². The van der Waals surface area contributed by atoms with Gasteiger partial charge in [-0.25, -0.2) is 0 Å². The molecule has 0 aliphatic carbocycles. The first-order valence-electron chi connectivity index (χ1n) is 29.9. The van der Waals surface area contributed by atoms with E-state index in [2.05, 4.69) is 207 Å². The Morgan fingerprint density at radius 1 is 0.267 bits per heavy atom. The molecule has 3 aliphatic rings. The Balaban J connectivity index is 0.000000116. The van der Waals surface area contributed by atoms with Gasteiger partial charge in [0.2, 0.25) is 0 Å². The Bertz CT molecular complexity index is 5070. The first-order valence-corrected chi connectivity index (χ1v) is 30.7. The monoisotopic (exact) mass is 1190 g/mol. The van der Waals surface area contributed by atoms with Gasteiger partial charge in [-0.05, 0) is 223 Å². The minimum atomic E-state index is -0.476. The van der Waals surface area contributed by atoms with Gasteiger partial charge in [-0.3, -0.25) is 0 Å². The topological polar surface area (TPSA) is 81.7 Å². The molecule has 17 rings (SSSR count). The number of hydrogen-bond donors (Lipinski definition) is 0. The molecule has 0 unspecified atom stereocenters. The molecule has 0 radical (unpaired) electrons. The van der Waals surface area contributed by atoms with Crippen LogP contribution in [0.4, 0.5) is 0 Å². The molecule has 0 N–H and O–H groups in total. The maximum absolute atomic E-state index is 6.41.